The Morgan fingerprint density at radius 1 is 1.23 bits per heavy atom. The monoisotopic (exact) mass is 378 g/mol. The summed E-state index contributed by atoms with van der Waals surface area (Å²) in [6, 6.07) is 8.02. The fourth-order valence-corrected chi connectivity index (χ4v) is 3.18. The topological polar surface area (TPSA) is 59.3 Å². The molecular formula is C17H10ClF3N4O. The van der Waals surface area contributed by atoms with E-state index in [9.17, 15) is 18.0 Å². The van der Waals surface area contributed by atoms with Crippen LogP contribution in [0.5, 0.6) is 0 Å². The third kappa shape index (κ3) is 2.62. The second kappa shape index (κ2) is 5.84. The number of aromatic nitrogens is 2. The van der Waals surface area contributed by atoms with Crippen LogP contribution in [0.15, 0.2) is 47.8 Å². The predicted molar refractivity (Wildman–Crippen MR) is 90.5 cm³/mol. The first kappa shape index (κ1) is 16.6. The summed E-state index contributed by atoms with van der Waals surface area (Å²) in [5.74, 6) is -0.716. The first-order chi connectivity index (χ1) is 12.4. The van der Waals surface area contributed by atoms with Crippen LogP contribution in [0, 0.1) is 0 Å². The van der Waals surface area contributed by atoms with E-state index in [1.165, 1.54) is 6.21 Å². The van der Waals surface area contributed by atoms with Gasteiger partial charge in [-0.2, -0.15) is 18.3 Å². The van der Waals surface area contributed by atoms with Gasteiger partial charge in [-0.1, -0.05) is 29.8 Å². The number of hydrogen-bond donors (Lipinski definition) is 1. The number of para-hydroxylation sites is 1. The second-order valence-electron chi connectivity index (χ2n) is 5.73. The molecule has 0 radical (unpaired) electrons. The SMILES string of the molecule is O=C1NN=CC1c1cn(-c2ncc(C(F)(F)F)cc2Cl)c2ccccc12. The lowest BCUT2D eigenvalue weighted by Gasteiger charge is -2.10. The lowest BCUT2D eigenvalue weighted by Crippen LogP contribution is -2.17. The molecule has 0 aliphatic carbocycles. The third-order valence-electron chi connectivity index (χ3n) is 4.14. The summed E-state index contributed by atoms with van der Waals surface area (Å²) < 4.78 is 40.1. The van der Waals surface area contributed by atoms with E-state index in [2.05, 4.69) is 15.5 Å². The molecule has 1 amide bonds. The van der Waals surface area contributed by atoms with E-state index in [0.717, 1.165) is 17.6 Å². The van der Waals surface area contributed by atoms with Gasteiger partial charge in [0.15, 0.2) is 5.82 Å². The summed E-state index contributed by atoms with van der Waals surface area (Å²) >= 11 is 6.08. The maximum absolute atomic E-state index is 12.8. The summed E-state index contributed by atoms with van der Waals surface area (Å²) in [6.45, 7) is 0. The maximum atomic E-state index is 12.8. The molecule has 4 rings (SSSR count). The van der Waals surface area contributed by atoms with Crippen LogP contribution in [-0.2, 0) is 11.0 Å². The van der Waals surface area contributed by atoms with Crippen LogP contribution >= 0.6 is 11.6 Å². The lowest BCUT2D eigenvalue weighted by molar-refractivity contribution is -0.137. The van der Waals surface area contributed by atoms with Crippen LogP contribution in [0.4, 0.5) is 13.2 Å². The Bertz CT molecular complexity index is 1060. The first-order valence-corrected chi connectivity index (χ1v) is 7.90. The zero-order chi connectivity index (χ0) is 18.5. The van der Waals surface area contributed by atoms with Crippen LogP contribution in [-0.4, -0.2) is 21.7 Å². The lowest BCUT2D eigenvalue weighted by atomic mass is 10.00. The van der Waals surface area contributed by atoms with Crippen LogP contribution < -0.4 is 5.43 Å². The number of nitrogens with zero attached hydrogens (tertiary/aromatic N) is 3. The molecule has 1 unspecified atom stereocenters. The molecule has 1 N–H and O–H groups in total. The highest BCUT2D eigenvalue weighted by atomic mass is 35.5. The zero-order valence-electron chi connectivity index (χ0n) is 13.0. The van der Waals surface area contributed by atoms with Gasteiger partial charge < -0.3 is 0 Å². The van der Waals surface area contributed by atoms with Crippen molar-refractivity contribution in [2.75, 3.05) is 0 Å². The maximum Gasteiger partial charge on any atom is 0.417 e. The minimum atomic E-state index is -4.53. The van der Waals surface area contributed by atoms with E-state index in [1.54, 1.807) is 22.9 Å². The molecule has 1 aromatic carbocycles. The quantitative estimate of drug-likeness (QED) is 0.735. The van der Waals surface area contributed by atoms with Gasteiger partial charge in [0.2, 0.25) is 0 Å². The molecule has 1 aliphatic heterocycles. The van der Waals surface area contributed by atoms with Gasteiger partial charge in [-0.05, 0) is 17.7 Å². The number of halogens is 4. The number of hydrogen-bond acceptors (Lipinski definition) is 3. The number of rotatable bonds is 2. The molecule has 0 saturated heterocycles. The smallest absolute Gasteiger partial charge is 0.300 e. The molecule has 0 saturated carbocycles. The minimum absolute atomic E-state index is 0.142. The van der Waals surface area contributed by atoms with Gasteiger partial charge in [-0.15, -0.1) is 0 Å². The number of pyridine rings is 1. The van der Waals surface area contributed by atoms with Crippen molar-refractivity contribution in [3.63, 3.8) is 0 Å². The van der Waals surface area contributed by atoms with E-state index in [4.69, 9.17) is 11.6 Å². The van der Waals surface area contributed by atoms with Crippen LogP contribution in [0.1, 0.15) is 17.0 Å². The minimum Gasteiger partial charge on any atom is -0.300 e. The van der Waals surface area contributed by atoms with Gasteiger partial charge in [0.1, 0.15) is 5.92 Å². The number of carbonyl (C=O) groups is 1. The van der Waals surface area contributed by atoms with Gasteiger partial charge in [-0.25, -0.2) is 10.4 Å². The van der Waals surface area contributed by atoms with Crippen molar-refractivity contribution in [3.05, 3.63) is 58.9 Å². The number of nitrogens with one attached hydrogen (secondary N) is 1. The van der Waals surface area contributed by atoms with Crippen molar-refractivity contribution >= 4 is 34.6 Å². The van der Waals surface area contributed by atoms with Crippen molar-refractivity contribution in [3.8, 4) is 5.82 Å². The number of amides is 1. The Hall–Kier alpha value is -2.87. The highest BCUT2D eigenvalue weighted by Gasteiger charge is 2.32. The molecule has 132 valence electrons. The summed E-state index contributed by atoms with van der Waals surface area (Å²) in [6.07, 6.45) is -0.666. The number of hydrazone groups is 1. The van der Waals surface area contributed by atoms with Gasteiger partial charge in [0.05, 0.1) is 16.1 Å². The van der Waals surface area contributed by atoms with E-state index in [-0.39, 0.29) is 16.7 Å². The Morgan fingerprint density at radius 3 is 2.65 bits per heavy atom. The van der Waals surface area contributed by atoms with Crippen LogP contribution in [0.2, 0.25) is 5.02 Å². The zero-order valence-corrected chi connectivity index (χ0v) is 13.7. The molecule has 26 heavy (non-hydrogen) atoms. The summed E-state index contributed by atoms with van der Waals surface area (Å²) in [7, 11) is 0. The van der Waals surface area contributed by atoms with Crippen molar-refractivity contribution < 1.29 is 18.0 Å². The molecule has 0 fully saturated rings. The standard InChI is InChI=1S/C17H10ClF3N4O/c18-13-5-9(17(19,20)21)6-22-15(13)25-8-12(11-7-23-24-16(11)26)10-3-1-2-4-14(10)25/h1-8,11H,(H,24,26). The number of benzene rings is 1. The number of alkyl halides is 3. The van der Waals surface area contributed by atoms with Gasteiger partial charge in [-0.3, -0.25) is 9.36 Å². The average molecular weight is 379 g/mol. The molecule has 5 nitrogen and oxygen atoms in total. The molecule has 1 aliphatic rings. The van der Waals surface area contributed by atoms with Crippen molar-refractivity contribution in [1.82, 2.24) is 15.0 Å². The van der Waals surface area contributed by atoms with Crippen LogP contribution in [0.25, 0.3) is 16.7 Å². The summed E-state index contributed by atoms with van der Waals surface area (Å²) in [4.78, 5) is 15.9. The second-order valence-corrected chi connectivity index (χ2v) is 6.14. The fraction of sp³-hybridized carbons (Fsp3) is 0.118. The average Bonchev–Trinajstić information content (AvgIpc) is 3.17. The molecule has 0 spiro atoms. The normalized spacial score (nSPS) is 17.1. The molecule has 3 heterocycles. The van der Waals surface area contributed by atoms with E-state index in [1.807, 2.05) is 12.1 Å². The largest absolute Gasteiger partial charge is 0.417 e. The summed E-state index contributed by atoms with van der Waals surface area (Å²) in [5, 5.41) is 4.39. The van der Waals surface area contributed by atoms with Crippen molar-refractivity contribution in [1.29, 1.82) is 0 Å². The predicted octanol–water partition coefficient (Wildman–Crippen LogP) is 3.90. The first-order valence-electron chi connectivity index (χ1n) is 7.52. The summed E-state index contributed by atoms with van der Waals surface area (Å²) in [5.41, 5.74) is 2.78. The van der Waals surface area contributed by atoms with Gasteiger partial charge >= 0.3 is 6.18 Å². The molecule has 3 aromatic rings. The van der Waals surface area contributed by atoms with E-state index in [0.29, 0.717) is 11.1 Å². The molecule has 0 bridgehead atoms. The molecule has 9 heteroatoms. The van der Waals surface area contributed by atoms with Crippen molar-refractivity contribution in [2.24, 2.45) is 5.10 Å². The van der Waals surface area contributed by atoms with E-state index < -0.39 is 17.7 Å². The molecule has 2 aromatic heterocycles. The Labute approximate surface area is 150 Å². The van der Waals surface area contributed by atoms with Crippen LogP contribution in [0.3, 0.4) is 0 Å². The molecule has 1 atom stereocenters. The Morgan fingerprint density at radius 2 is 2.00 bits per heavy atom. The number of carbonyl (C=O) groups excluding carboxylic acids is 1. The highest BCUT2D eigenvalue weighted by molar-refractivity contribution is 6.32. The molecular weight excluding hydrogens is 369 g/mol. The van der Waals surface area contributed by atoms with Crippen molar-refractivity contribution in [2.45, 2.75) is 12.1 Å². The van der Waals surface area contributed by atoms with Gasteiger partial charge in [0, 0.05) is 24.0 Å². The third-order valence-corrected chi connectivity index (χ3v) is 4.41. The van der Waals surface area contributed by atoms with E-state index >= 15 is 0 Å². The number of fused-ring (bicyclic) bond motifs is 1. The highest BCUT2D eigenvalue weighted by Crippen LogP contribution is 2.35. The van der Waals surface area contributed by atoms with Gasteiger partial charge in [0.25, 0.3) is 5.91 Å². The fourth-order valence-electron chi connectivity index (χ4n) is 2.93. The Balaban J connectivity index is 1.90. The Kier molecular flexibility index (Phi) is 3.73.